The van der Waals surface area contributed by atoms with E-state index in [0.717, 1.165) is 0 Å². The van der Waals surface area contributed by atoms with Gasteiger partial charge in [-0.05, 0) is 0 Å². The molecule has 0 aliphatic heterocycles. The van der Waals surface area contributed by atoms with Crippen molar-refractivity contribution < 1.29 is 40.6 Å². The Balaban J connectivity index is 3.94. The second kappa shape index (κ2) is 7.84. The van der Waals surface area contributed by atoms with Gasteiger partial charge in [0.25, 0.3) is 0 Å². The van der Waals surface area contributed by atoms with E-state index in [9.17, 15) is 36.0 Å². The summed E-state index contributed by atoms with van der Waals surface area (Å²) in [6, 6.07) is -1.28. The SMILES string of the molecule is O=NN(CCOC(F)(F)F)C(=O)NCCOC(F)(F)F. The zero-order valence-electron chi connectivity index (χ0n) is 9.62. The molecule has 0 aromatic heterocycles. The monoisotopic (exact) mass is 313 g/mol. The summed E-state index contributed by atoms with van der Waals surface area (Å²) < 4.78 is 76.0. The van der Waals surface area contributed by atoms with Gasteiger partial charge in [-0.3, -0.25) is 9.47 Å². The Bertz CT molecular complexity index is 321. The van der Waals surface area contributed by atoms with Crippen molar-refractivity contribution in [2.45, 2.75) is 12.7 Å². The van der Waals surface area contributed by atoms with Crippen molar-refractivity contribution in [3.05, 3.63) is 4.91 Å². The quantitative estimate of drug-likeness (QED) is 0.336. The molecule has 0 saturated heterocycles. The van der Waals surface area contributed by atoms with Crippen LogP contribution in [0.4, 0.5) is 31.1 Å². The van der Waals surface area contributed by atoms with Gasteiger partial charge in [0.15, 0.2) is 0 Å². The lowest BCUT2D eigenvalue weighted by atomic mass is 10.6. The van der Waals surface area contributed by atoms with E-state index in [4.69, 9.17) is 0 Å². The third kappa shape index (κ3) is 10.3. The number of nitroso groups, excluding NO2 is 1. The van der Waals surface area contributed by atoms with Crippen LogP contribution < -0.4 is 5.32 Å². The molecule has 0 unspecified atom stereocenters. The molecule has 0 radical (unpaired) electrons. The predicted molar refractivity (Wildman–Crippen MR) is 49.9 cm³/mol. The lowest BCUT2D eigenvalue weighted by Crippen LogP contribution is -2.40. The summed E-state index contributed by atoms with van der Waals surface area (Å²) in [6.45, 7) is -3.43. The Morgan fingerprint density at radius 3 is 2.00 bits per heavy atom. The largest absolute Gasteiger partial charge is 0.522 e. The maximum Gasteiger partial charge on any atom is 0.522 e. The number of urea groups is 1. The van der Waals surface area contributed by atoms with E-state index in [1.807, 2.05) is 0 Å². The average Bonchev–Trinajstić information content (AvgIpc) is 2.27. The number of carbonyl (C=O) groups is 1. The number of rotatable bonds is 7. The highest BCUT2D eigenvalue weighted by Gasteiger charge is 2.30. The minimum Gasteiger partial charge on any atom is -0.334 e. The molecule has 2 amide bonds. The number of hydrogen-bond donors (Lipinski definition) is 1. The summed E-state index contributed by atoms with van der Waals surface area (Å²) in [5, 5.41) is 3.91. The molecule has 0 aromatic rings. The third-order valence-electron chi connectivity index (χ3n) is 1.55. The van der Waals surface area contributed by atoms with Crippen molar-refractivity contribution in [2.24, 2.45) is 5.29 Å². The number of carbonyl (C=O) groups excluding carboxylic acids is 1. The maximum absolute atomic E-state index is 11.6. The number of alkyl halides is 6. The Morgan fingerprint density at radius 2 is 1.55 bits per heavy atom. The Hall–Kier alpha value is -1.63. The number of halogens is 6. The van der Waals surface area contributed by atoms with Crippen LogP contribution in [0.1, 0.15) is 0 Å². The smallest absolute Gasteiger partial charge is 0.334 e. The Kier molecular flexibility index (Phi) is 7.20. The fourth-order valence-electron chi connectivity index (χ4n) is 0.843. The molecule has 1 N–H and O–H groups in total. The maximum atomic E-state index is 11.6. The van der Waals surface area contributed by atoms with E-state index in [0.29, 0.717) is 0 Å². The normalized spacial score (nSPS) is 12.1. The molecule has 13 heteroatoms. The molecule has 7 nitrogen and oxygen atoms in total. The Morgan fingerprint density at radius 1 is 1.05 bits per heavy atom. The molecule has 0 spiro atoms. The van der Waals surface area contributed by atoms with Crippen LogP contribution in [0.15, 0.2) is 5.29 Å². The molecule has 0 heterocycles. The highest BCUT2D eigenvalue weighted by molar-refractivity contribution is 5.73. The lowest BCUT2D eigenvalue weighted by Gasteiger charge is -2.15. The second-order valence-electron chi connectivity index (χ2n) is 3.03. The van der Waals surface area contributed by atoms with Crippen LogP contribution in [-0.4, -0.2) is 50.1 Å². The van der Waals surface area contributed by atoms with Crippen molar-refractivity contribution in [3.8, 4) is 0 Å². The van der Waals surface area contributed by atoms with Crippen LogP contribution >= 0.6 is 0 Å². The van der Waals surface area contributed by atoms with E-state index in [2.05, 4.69) is 14.8 Å². The molecule has 118 valence electrons. The fraction of sp³-hybridized carbons (Fsp3) is 0.857. The summed E-state index contributed by atoms with van der Waals surface area (Å²) in [7, 11) is 0. The van der Waals surface area contributed by atoms with Crippen LogP contribution in [0.5, 0.6) is 0 Å². The molecule has 0 aliphatic carbocycles. The van der Waals surface area contributed by atoms with Gasteiger partial charge in [0.2, 0.25) is 0 Å². The van der Waals surface area contributed by atoms with E-state index < -0.39 is 45.1 Å². The number of nitrogens with zero attached hydrogens (tertiary/aromatic N) is 2. The number of amides is 2. The molecular weight excluding hydrogens is 304 g/mol. The van der Waals surface area contributed by atoms with Gasteiger partial charge in [0.05, 0.1) is 25.0 Å². The molecule has 0 aromatic carbocycles. The van der Waals surface area contributed by atoms with Gasteiger partial charge in [0.1, 0.15) is 0 Å². The summed E-state index contributed by atoms with van der Waals surface area (Å²) >= 11 is 0. The van der Waals surface area contributed by atoms with Crippen molar-refractivity contribution in [2.75, 3.05) is 26.3 Å². The summed E-state index contributed by atoms with van der Waals surface area (Å²) in [5.41, 5.74) is 0. The Labute approximate surface area is 107 Å². The van der Waals surface area contributed by atoms with Gasteiger partial charge in [-0.1, -0.05) is 0 Å². The van der Waals surface area contributed by atoms with Gasteiger partial charge in [-0.2, -0.15) is 5.01 Å². The second-order valence-corrected chi connectivity index (χ2v) is 3.03. The van der Waals surface area contributed by atoms with E-state index in [1.165, 1.54) is 0 Å². The van der Waals surface area contributed by atoms with Crippen LogP contribution in [0.3, 0.4) is 0 Å². The minimum atomic E-state index is -4.94. The molecule has 0 atom stereocenters. The summed E-state index contributed by atoms with van der Waals surface area (Å²) in [6.07, 6.45) is -9.82. The van der Waals surface area contributed by atoms with Gasteiger partial charge in [0, 0.05) is 6.54 Å². The molecular formula is C7H9F6N3O4. The number of hydrogen-bond acceptors (Lipinski definition) is 5. The third-order valence-corrected chi connectivity index (χ3v) is 1.55. The highest BCUT2D eigenvalue weighted by atomic mass is 19.4. The first-order valence-corrected chi connectivity index (χ1v) is 4.85. The first-order valence-electron chi connectivity index (χ1n) is 4.85. The van der Waals surface area contributed by atoms with Crippen LogP contribution in [0.25, 0.3) is 0 Å². The fourth-order valence-corrected chi connectivity index (χ4v) is 0.843. The standard InChI is InChI=1S/C7H9F6N3O4/c8-6(9,10)19-3-1-14-5(17)16(15-18)2-4-20-7(11,12)13/h1-4H2,(H,14,17). The van der Waals surface area contributed by atoms with Crippen LogP contribution in [-0.2, 0) is 9.47 Å². The first-order chi connectivity index (χ1) is 9.05. The summed E-state index contributed by atoms with van der Waals surface area (Å²) in [5.74, 6) is 0. The first kappa shape index (κ1) is 18.4. The topological polar surface area (TPSA) is 80.2 Å². The summed E-state index contributed by atoms with van der Waals surface area (Å²) in [4.78, 5) is 21.3. The van der Waals surface area contributed by atoms with Crippen molar-refractivity contribution in [1.82, 2.24) is 10.3 Å². The van der Waals surface area contributed by atoms with Gasteiger partial charge < -0.3 is 5.32 Å². The highest BCUT2D eigenvalue weighted by Crippen LogP contribution is 2.16. The molecule has 20 heavy (non-hydrogen) atoms. The molecule has 0 rings (SSSR count). The number of ether oxygens (including phenoxy) is 2. The van der Waals surface area contributed by atoms with Crippen LogP contribution in [0.2, 0.25) is 0 Å². The van der Waals surface area contributed by atoms with Gasteiger partial charge in [-0.25, -0.2) is 4.79 Å². The van der Waals surface area contributed by atoms with Crippen LogP contribution in [0, 0.1) is 4.91 Å². The van der Waals surface area contributed by atoms with E-state index in [-0.39, 0.29) is 5.01 Å². The predicted octanol–water partition coefficient (Wildman–Crippen LogP) is 1.75. The molecule has 0 fully saturated rings. The zero-order chi connectivity index (χ0) is 15.8. The zero-order valence-corrected chi connectivity index (χ0v) is 9.62. The van der Waals surface area contributed by atoms with Crippen molar-refractivity contribution >= 4 is 6.03 Å². The average molecular weight is 313 g/mol. The van der Waals surface area contributed by atoms with Crippen molar-refractivity contribution in [3.63, 3.8) is 0 Å². The van der Waals surface area contributed by atoms with Gasteiger partial charge in [-0.15, -0.1) is 31.2 Å². The lowest BCUT2D eigenvalue weighted by molar-refractivity contribution is -0.324. The van der Waals surface area contributed by atoms with Crippen molar-refractivity contribution in [1.29, 1.82) is 0 Å². The molecule has 0 saturated carbocycles. The van der Waals surface area contributed by atoms with E-state index in [1.54, 1.807) is 5.32 Å². The molecule has 0 bridgehead atoms. The number of nitrogens with one attached hydrogen (secondary N) is 1. The minimum absolute atomic E-state index is 0.0271. The van der Waals surface area contributed by atoms with E-state index >= 15 is 0 Å². The molecule has 0 aliphatic rings. The van der Waals surface area contributed by atoms with Gasteiger partial charge >= 0.3 is 18.8 Å².